The second-order valence-electron chi connectivity index (χ2n) is 6.48. The number of nitrogens with zero attached hydrogens (tertiary/aromatic N) is 3. The van der Waals surface area contributed by atoms with E-state index in [0.717, 1.165) is 41.1 Å². The topological polar surface area (TPSA) is 21.1 Å². The van der Waals surface area contributed by atoms with Gasteiger partial charge in [-0.05, 0) is 78.4 Å². The first-order chi connectivity index (χ1) is 12.3. The Bertz CT molecular complexity index is 916. The van der Waals surface area contributed by atoms with Gasteiger partial charge in [0.1, 0.15) is 4.60 Å². The molecule has 0 N–H and O–H groups in total. The van der Waals surface area contributed by atoms with E-state index in [-0.39, 0.29) is 0 Å². The molecule has 0 aliphatic rings. The van der Waals surface area contributed by atoms with Gasteiger partial charge in [-0.3, -0.25) is 4.68 Å². The zero-order valence-corrected chi connectivity index (χ0v) is 16.1. The lowest BCUT2D eigenvalue weighted by Crippen LogP contribution is -2.15. The van der Waals surface area contributed by atoms with Crippen molar-refractivity contribution in [2.24, 2.45) is 0 Å². The number of hydrogen-bond acceptors (Lipinski definition) is 2. The van der Waals surface area contributed by atoms with Gasteiger partial charge >= 0.3 is 6.18 Å². The zero-order valence-electron chi connectivity index (χ0n) is 14.5. The van der Waals surface area contributed by atoms with Crippen LogP contribution < -0.4 is 0 Å². The van der Waals surface area contributed by atoms with Gasteiger partial charge < -0.3 is 4.90 Å². The molecule has 3 rings (SSSR count). The summed E-state index contributed by atoms with van der Waals surface area (Å²) in [5, 5.41) is 5.55. The van der Waals surface area contributed by atoms with Crippen molar-refractivity contribution in [2.75, 3.05) is 20.6 Å². The first kappa shape index (κ1) is 18.9. The summed E-state index contributed by atoms with van der Waals surface area (Å²) in [4.78, 5) is 2.11. The van der Waals surface area contributed by atoms with Crippen LogP contribution >= 0.6 is 15.9 Å². The number of aromatic nitrogens is 2. The molecule has 0 aliphatic heterocycles. The van der Waals surface area contributed by atoms with Crippen molar-refractivity contribution in [1.29, 1.82) is 0 Å². The minimum atomic E-state index is -4.35. The summed E-state index contributed by atoms with van der Waals surface area (Å²) in [6, 6.07) is 10.9. The van der Waals surface area contributed by atoms with Crippen LogP contribution in [-0.2, 0) is 12.7 Å². The Kier molecular flexibility index (Phi) is 5.39. The van der Waals surface area contributed by atoms with Crippen molar-refractivity contribution in [2.45, 2.75) is 19.1 Å². The number of hydrogen-bond donors (Lipinski definition) is 0. The van der Waals surface area contributed by atoms with E-state index < -0.39 is 11.7 Å². The second-order valence-corrected chi connectivity index (χ2v) is 7.23. The molecule has 0 saturated heterocycles. The highest BCUT2D eigenvalue weighted by atomic mass is 79.9. The Morgan fingerprint density at radius 2 is 1.81 bits per heavy atom. The summed E-state index contributed by atoms with van der Waals surface area (Å²) in [6.45, 7) is 1.73. The molecule has 0 radical (unpaired) electrons. The largest absolute Gasteiger partial charge is 0.416 e. The van der Waals surface area contributed by atoms with Crippen molar-refractivity contribution in [3.8, 4) is 11.1 Å². The standard InChI is InChI=1S/C19H19BrF3N3/c1-25(2)9-4-10-26-18(20)16-8-7-14(12-17(16)24-26)13-5-3-6-15(11-13)19(21,22)23/h3,5-8,11-12H,4,9-10H2,1-2H3. The number of aryl methyl sites for hydroxylation is 1. The molecule has 0 atom stereocenters. The molecule has 1 heterocycles. The van der Waals surface area contributed by atoms with Crippen LogP contribution in [0.5, 0.6) is 0 Å². The number of halogens is 4. The fraction of sp³-hybridized carbons (Fsp3) is 0.316. The zero-order chi connectivity index (χ0) is 18.9. The highest BCUT2D eigenvalue weighted by Gasteiger charge is 2.30. The van der Waals surface area contributed by atoms with E-state index in [1.165, 1.54) is 12.1 Å². The maximum absolute atomic E-state index is 12.9. The molecule has 0 amide bonds. The third-order valence-electron chi connectivity index (χ3n) is 4.17. The predicted molar refractivity (Wildman–Crippen MR) is 101 cm³/mol. The lowest BCUT2D eigenvalue weighted by Gasteiger charge is -2.09. The van der Waals surface area contributed by atoms with Crippen LogP contribution in [0.25, 0.3) is 22.0 Å². The summed E-state index contributed by atoms with van der Waals surface area (Å²) in [5.41, 5.74) is 1.36. The Morgan fingerprint density at radius 3 is 2.50 bits per heavy atom. The molecular weight excluding hydrogens is 407 g/mol. The smallest absolute Gasteiger partial charge is 0.309 e. The van der Waals surface area contributed by atoms with Crippen LogP contribution in [0.15, 0.2) is 47.1 Å². The van der Waals surface area contributed by atoms with Gasteiger partial charge in [-0.15, -0.1) is 0 Å². The molecule has 0 bridgehead atoms. The van der Waals surface area contributed by atoms with Crippen molar-refractivity contribution in [1.82, 2.24) is 14.7 Å². The van der Waals surface area contributed by atoms with E-state index in [0.29, 0.717) is 11.1 Å². The minimum Gasteiger partial charge on any atom is -0.309 e. The summed E-state index contributed by atoms with van der Waals surface area (Å²) in [7, 11) is 4.05. The van der Waals surface area contributed by atoms with Crippen molar-refractivity contribution >= 4 is 26.8 Å². The Balaban J connectivity index is 1.92. The Labute approximate surface area is 158 Å². The third kappa shape index (κ3) is 4.10. The van der Waals surface area contributed by atoms with Gasteiger partial charge in [0.25, 0.3) is 0 Å². The number of benzene rings is 2. The molecule has 0 fully saturated rings. The first-order valence-corrected chi connectivity index (χ1v) is 9.03. The van der Waals surface area contributed by atoms with E-state index in [1.54, 1.807) is 6.07 Å². The van der Waals surface area contributed by atoms with Gasteiger partial charge in [-0.2, -0.15) is 18.3 Å². The average Bonchev–Trinajstić information content (AvgIpc) is 2.89. The average molecular weight is 426 g/mol. The molecule has 3 aromatic rings. The number of fused-ring (bicyclic) bond motifs is 1. The van der Waals surface area contributed by atoms with Gasteiger partial charge in [0.15, 0.2) is 0 Å². The first-order valence-electron chi connectivity index (χ1n) is 8.24. The maximum Gasteiger partial charge on any atom is 0.416 e. The summed E-state index contributed by atoms with van der Waals surface area (Å²) >= 11 is 3.58. The van der Waals surface area contributed by atoms with Crippen LogP contribution in [0.2, 0.25) is 0 Å². The lowest BCUT2D eigenvalue weighted by molar-refractivity contribution is -0.137. The van der Waals surface area contributed by atoms with Gasteiger partial charge in [0.05, 0.1) is 11.1 Å². The normalized spacial score (nSPS) is 12.3. The van der Waals surface area contributed by atoms with E-state index in [9.17, 15) is 13.2 Å². The van der Waals surface area contributed by atoms with Crippen LogP contribution in [-0.4, -0.2) is 35.3 Å². The summed E-state index contributed by atoms with van der Waals surface area (Å²) in [5.74, 6) is 0. The van der Waals surface area contributed by atoms with Crippen LogP contribution in [0.3, 0.4) is 0 Å². The van der Waals surface area contributed by atoms with Gasteiger partial charge in [-0.25, -0.2) is 0 Å². The SMILES string of the molecule is CN(C)CCCn1nc2cc(-c3cccc(C(F)(F)F)c3)ccc2c1Br. The highest BCUT2D eigenvalue weighted by molar-refractivity contribution is 9.10. The van der Waals surface area contributed by atoms with Gasteiger partial charge in [0.2, 0.25) is 0 Å². The number of rotatable bonds is 5. The van der Waals surface area contributed by atoms with Crippen LogP contribution in [0.4, 0.5) is 13.2 Å². The quantitative estimate of drug-likeness (QED) is 0.542. The molecule has 0 aliphatic carbocycles. The lowest BCUT2D eigenvalue weighted by atomic mass is 10.0. The molecule has 2 aromatic carbocycles. The Hall–Kier alpha value is -1.86. The van der Waals surface area contributed by atoms with E-state index in [1.807, 2.05) is 37.0 Å². The van der Waals surface area contributed by atoms with Crippen LogP contribution in [0.1, 0.15) is 12.0 Å². The molecular formula is C19H19BrF3N3. The van der Waals surface area contributed by atoms with E-state index in [4.69, 9.17) is 0 Å². The van der Waals surface area contributed by atoms with Crippen molar-refractivity contribution in [3.63, 3.8) is 0 Å². The molecule has 26 heavy (non-hydrogen) atoms. The minimum absolute atomic E-state index is 0.528. The molecule has 0 spiro atoms. The van der Waals surface area contributed by atoms with Gasteiger partial charge in [-0.1, -0.05) is 18.2 Å². The molecule has 1 aromatic heterocycles. The summed E-state index contributed by atoms with van der Waals surface area (Å²) in [6.07, 6.45) is -3.39. The van der Waals surface area contributed by atoms with E-state index in [2.05, 4.69) is 25.9 Å². The fourth-order valence-electron chi connectivity index (χ4n) is 2.84. The van der Waals surface area contributed by atoms with Crippen molar-refractivity contribution < 1.29 is 13.2 Å². The second kappa shape index (κ2) is 7.40. The molecule has 3 nitrogen and oxygen atoms in total. The monoisotopic (exact) mass is 425 g/mol. The van der Waals surface area contributed by atoms with E-state index >= 15 is 0 Å². The maximum atomic E-state index is 12.9. The predicted octanol–water partition coefficient (Wildman–Crippen LogP) is 5.44. The Morgan fingerprint density at radius 1 is 1.08 bits per heavy atom. The fourth-order valence-corrected chi connectivity index (χ4v) is 3.43. The van der Waals surface area contributed by atoms with Crippen molar-refractivity contribution in [3.05, 3.63) is 52.6 Å². The number of alkyl halides is 3. The molecule has 138 valence electrons. The molecule has 0 saturated carbocycles. The summed E-state index contributed by atoms with van der Waals surface area (Å²) < 4.78 is 41.6. The highest BCUT2D eigenvalue weighted by Crippen LogP contribution is 2.33. The van der Waals surface area contributed by atoms with Gasteiger partial charge in [0, 0.05) is 11.9 Å². The third-order valence-corrected chi connectivity index (χ3v) is 5.01. The molecule has 7 heteroatoms. The molecule has 0 unspecified atom stereocenters. The van der Waals surface area contributed by atoms with Crippen LogP contribution in [0, 0.1) is 0 Å².